The van der Waals surface area contributed by atoms with Gasteiger partial charge in [0, 0.05) is 48.1 Å². The Morgan fingerprint density at radius 1 is 1.07 bits per heavy atom. The smallest absolute Gasteiger partial charge is 0.257 e. The van der Waals surface area contributed by atoms with E-state index in [1.807, 2.05) is 25.3 Å². The molecule has 0 atom stereocenters. The van der Waals surface area contributed by atoms with E-state index in [0.717, 1.165) is 68.6 Å². The molecule has 4 aromatic heterocycles. The van der Waals surface area contributed by atoms with Crippen LogP contribution in [0.1, 0.15) is 51.5 Å². The second-order valence-corrected chi connectivity index (χ2v) is 12.0. The van der Waals surface area contributed by atoms with Gasteiger partial charge < -0.3 is 20.6 Å². The van der Waals surface area contributed by atoms with E-state index in [-0.39, 0.29) is 6.04 Å². The number of anilines is 3. The molecule has 0 radical (unpaired) electrons. The fourth-order valence-corrected chi connectivity index (χ4v) is 5.81. The molecule has 11 nitrogen and oxygen atoms in total. The molecule has 0 amide bonds. The van der Waals surface area contributed by atoms with Gasteiger partial charge in [-0.2, -0.15) is 10.2 Å². The highest BCUT2D eigenvalue weighted by Crippen LogP contribution is 2.35. The summed E-state index contributed by atoms with van der Waals surface area (Å²) in [6.07, 6.45) is 11.3. The number of hydrogen-bond donors (Lipinski definition) is 3. The molecule has 0 aromatic carbocycles. The van der Waals surface area contributed by atoms with Gasteiger partial charge in [0.1, 0.15) is 18.2 Å². The first-order chi connectivity index (χ1) is 20.7. The number of likely N-dealkylation sites (tertiary alicyclic amines) is 1. The van der Waals surface area contributed by atoms with Gasteiger partial charge in [-0.25, -0.2) is 23.7 Å². The lowest BCUT2D eigenvalue weighted by Gasteiger charge is -2.34. The summed E-state index contributed by atoms with van der Waals surface area (Å²) in [6, 6.07) is 6.32. The number of rotatable bonds is 9. The topological polar surface area (TPSA) is 122 Å². The van der Waals surface area contributed by atoms with Crippen molar-refractivity contribution in [1.29, 1.82) is 0 Å². The lowest BCUT2D eigenvalue weighted by molar-refractivity contribution is 0.0196. The average molecular weight is 593 g/mol. The highest BCUT2D eigenvalue weighted by molar-refractivity contribution is 5.78. The van der Waals surface area contributed by atoms with Crippen LogP contribution >= 0.6 is 0 Å². The van der Waals surface area contributed by atoms with Gasteiger partial charge in [0.2, 0.25) is 0 Å². The molecule has 1 saturated heterocycles. The molecule has 1 aliphatic carbocycles. The minimum absolute atomic E-state index is 0.209. The molecule has 0 spiro atoms. The summed E-state index contributed by atoms with van der Waals surface area (Å²) in [6.45, 7) is 3.53. The van der Waals surface area contributed by atoms with Crippen molar-refractivity contribution in [1.82, 2.24) is 39.4 Å². The molecule has 1 saturated carbocycles. The predicted octanol–water partition coefficient (Wildman–Crippen LogP) is 4.98. The van der Waals surface area contributed by atoms with E-state index in [1.54, 1.807) is 12.3 Å². The number of hydrogen-bond acceptors (Lipinski definition) is 9. The fraction of sp³-hybridized carbons (Fsp3) is 0.500. The molecule has 43 heavy (non-hydrogen) atoms. The Hall–Kier alpha value is -3.97. The highest BCUT2D eigenvalue weighted by atomic mass is 19.3. The number of aromatic nitrogens is 7. The first-order valence-electron chi connectivity index (χ1n) is 14.8. The van der Waals surface area contributed by atoms with Crippen molar-refractivity contribution in [3.05, 3.63) is 49.2 Å². The standard InChI is InChI=1S/C30H38F2N10O/c1-30(43)9-3-21(4-10-30)36-25-15-28(34-17-23(25)24-8-14-42(39-24)22-6-12-40(2)13-7-22)37-27-5-11-33-29(38-27)20-16-35-41(18-20)19-26(31)32/h5,8,11,14-18,21-22,26,43H,3-4,6-7,9-10,12-13,19H2,1-2H3,(H2,33,34,36,37,38). The molecule has 0 bridgehead atoms. The monoisotopic (exact) mass is 592 g/mol. The molecule has 6 rings (SSSR count). The zero-order valence-electron chi connectivity index (χ0n) is 24.5. The second kappa shape index (κ2) is 12.3. The summed E-state index contributed by atoms with van der Waals surface area (Å²) in [4.78, 5) is 15.9. The first-order valence-corrected chi connectivity index (χ1v) is 14.8. The van der Waals surface area contributed by atoms with E-state index in [2.05, 4.69) is 48.5 Å². The molecular weight excluding hydrogens is 554 g/mol. The number of halogens is 2. The Morgan fingerprint density at radius 3 is 2.63 bits per heavy atom. The van der Waals surface area contributed by atoms with Gasteiger partial charge in [-0.15, -0.1) is 0 Å². The van der Waals surface area contributed by atoms with Crippen LogP contribution in [0.15, 0.2) is 49.2 Å². The molecule has 228 valence electrons. The molecule has 1 aliphatic heterocycles. The van der Waals surface area contributed by atoms with Crippen molar-refractivity contribution in [2.24, 2.45) is 0 Å². The Balaban J connectivity index is 1.24. The van der Waals surface area contributed by atoms with Gasteiger partial charge >= 0.3 is 0 Å². The van der Waals surface area contributed by atoms with Crippen LogP contribution in [-0.4, -0.2) is 82.7 Å². The van der Waals surface area contributed by atoms with Crippen molar-refractivity contribution in [3.8, 4) is 22.6 Å². The van der Waals surface area contributed by atoms with E-state index >= 15 is 0 Å². The number of alkyl halides is 2. The first kappa shape index (κ1) is 29.1. The molecule has 2 fully saturated rings. The summed E-state index contributed by atoms with van der Waals surface area (Å²) in [5, 5.41) is 26.4. The van der Waals surface area contributed by atoms with Crippen molar-refractivity contribution in [2.75, 3.05) is 30.8 Å². The Morgan fingerprint density at radius 2 is 1.86 bits per heavy atom. The van der Waals surface area contributed by atoms with Crippen LogP contribution in [0.2, 0.25) is 0 Å². The number of nitrogens with one attached hydrogen (secondary N) is 2. The Bertz CT molecular complexity index is 1520. The predicted molar refractivity (Wildman–Crippen MR) is 160 cm³/mol. The zero-order valence-corrected chi connectivity index (χ0v) is 24.5. The molecular formula is C30H38F2N10O. The van der Waals surface area contributed by atoms with E-state index in [1.165, 1.54) is 17.1 Å². The lowest BCUT2D eigenvalue weighted by Crippen LogP contribution is -2.35. The third-order valence-corrected chi connectivity index (χ3v) is 8.40. The number of piperidine rings is 1. The summed E-state index contributed by atoms with van der Waals surface area (Å²) in [5.41, 5.74) is 2.58. The Labute approximate surface area is 249 Å². The van der Waals surface area contributed by atoms with Gasteiger partial charge in [-0.05, 0) is 77.7 Å². The molecule has 0 unspecified atom stereocenters. The van der Waals surface area contributed by atoms with E-state index in [9.17, 15) is 13.9 Å². The highest BCUT2D eigenvalue weighted by Gasteiger charge is 2.29. The maximum absolute atomic E-state index is 12.8. The maximum Gasteiger partial charge on any atom is 0.257 e. The normalized spacial score (nSPS) is 21.8. The Kier molecular flexibility index (Phi) is 8.35. The van der Waals surface area contributed by atoms with Crippen LogP contribution in [0.25, 0.3) is 22.6 Å². The molecule has 5 heterocycles. The quantitative estimate of drug-likeness (QED) is 0.247. The van der Waals surface area contributed by atoms with Gasteiger partial charge in [0.05, 0.1) is 29.1 Å². The van der Waals surface area contributed by atoms with Crippen LogP contribution in [0, 0.1) is 0 Å². The molecule has 13 heteroatoms. The van der Waals surface area contributed by atoms with Gasteiger partial charge in [0.25, 0.3) is 6.43 Å². The van der Waals surface area contributed by atoms with Crippen molar-refractivity contribution in [2.45, 2.75) is 76.1 Å². The van der Waals surface area contributed by atoms with Gasteiger partial charge in [0.15, 0.2) is 5.82 Å². The third kappa shape index (κ3) is 7.16. The fourth-order valence-electron chi connectivity index (χ4n) is 5.81. The van der Waals surface area contributed by atoms with Gasteiger partial charge in [-0.3, -0.25) is 9.36 Å². The minimum atomic E-state index is -2.50. The SMILES string of the molecule is CN1CCC(n2ccc(-c3cnc(Nc4ccnc(-c5cnn(CC(F)F)c5)n4)cc3NC3CCC(C)(O)CC3)n2)CC1. The summed E-state index contributed by atoms with van der Waals surface area (Å²) in [7, 11) is 2.15. The van der Waals surface area contributed by atoms with Gasteiger partial charge in [-0.1, -0.05) is 0 Å². The minimum Gasteiger partial charge on any atom is -0.390 e. The van der Waals surface area contributed by atoms with Crippen molar-refractivity contribution >= 4 is 17.3 Å². The average Bonchev–Trinajstić information content (AvgIpc) is 3.65. The van der Waals surface area contributed by atoms with Crippen LogP contribution in [0.4, 0.5) is 26.1 Å². The maximum atomic E-state index is 12.8. The van der Waals surface area contributed by atoms with Crippen molar-refractivity contribution < 1.29 is 13.9 Å². The summed E-state index contributed by atoms with van der Waals surface area (Å²) >= 11 is 0. The van der Waals surface area contributed by atoms with Crippen LogP contribution < -0.4 is 10.6 Å². The van der Waals surface area contributed by atoms with Crippen LogP contribution in [0.3, 0.4) is 0 Å². The van der Waals surface area contributed by atoms with E-state index in [4.69, 9.17) is 10.1 Å². The largest absolute Gasteiger partial charge is 0.390 e. The van der Waals surface area contributed by atoms with Crippen LogP contribution in [0.5, 0.6) is 0 Å². The van der Waals surface area contributed by atoms with Crippen molar-refractivity contribution in [3.63, 3.8) is 0 Å². The summed E-state index contributed by atoms with van der Waals surface area (Å²) < 4.78 is 28.8. The zero-order chi connectivity index (χ0) is 30.0. The van der Waals surface area contributed by atoms with Crippen LogP contribution in [-0.2, 0) is 6.54 Å². The molecule has 2 aliphatic rings. The molecule has 4 aromatic rings. The lowest BCUT2D eigenvalue weighted by atomic mass is 9.83. The third-order valence-electron chi connectivity index (χ3n) is 8.40. The molecule has 3 N–H and O–H groups in total. The number of nitrogens with zero attached hydrogens (tertiary/aromatic N) is 8. The van der Waals surface area contributed by atoms with E-state index in [0.29, 0.717) is 29.1 Å². The van der Waals surface area contributed by atoms with E-state index < -0.39 is 18.6 Å². The number of aliphatic hydroxyl groups is 1. The number of pyridine rings is 1. The summed E-state index contributed by atoms with van der Waals surface area (Å²) in [5.74, 6) is 1.47. The second-order valence-electron chi connectivity index (χ2n) is 12.0.